The Morgan fingerprint density at radius 3 is 1.40 bits per heavy atom. The maximum absolute atomic E-state index is 9.25. The average molecular weight is 168 g/mol. The minimum absolute atomic E-state index is 0.833. The van der Waals surface area contributed by atoms with Gasteiger partial charge in [0.1, 0.15) is 0 Å². The lowest BCUT2D eigenvalue weighted by Gasteiger charge is -1.91. The Bertz CT molecular complexity index is 109. The van der Waals surface area contributed by atoms with Crippen LogP contribution >= 0.6 is 0 Å². The Balaban J connectivity index is 0. The zero-order valence-corrected chi connectivity index (χ0v) is 5.93. The zero-order valence-electron chi connectivity index (χ0n) is 4.93. The molecule has 0 atom stereocenters. The van der Waals surface area contributed by atoms with Crippen LogP contribution in [0, 0.1) is 0 Å². The van der Waals surface area contributed by atoms with Crippen molar-refractivity contribution in [3.63, 3.8) is 0 Å². The molecule has 0 heterocycles. The van der Waals surface area contributed by atoms with E-state index in [-0.39, 0.29) is 0 Å². The zero-order chi connectivity index (χ0) is 8.78. The van der Waals surface area contributed by atoms with E-state index in [9.17, 15) is 4.79 Å². The molecule has 10 heavy (non-hydrogen) atoms. The van der Waals surface area contributed by atoms with E-state index in [1.807, 2.05) is 0 Å². The molecule has 0 aliphatic carbocycles. The molecule has 0 radical (unpaired) electrons. The maximum Gasteiger partial charge on any atom is 0.668 e. The molecule has 60 valence electrons. The minimum atomic E-state index is -4.61. The van der Waals surface area contributed by atoms with E-state index < -0.39 is 15.0 Å². The van der Waals surface area contributed by atoms with Gasteiger partial charge in [0.15, 0.2) is 0 Å². The molecule has 0 spiro atoms. The van der Waals surface area contributed by atoms with Gasteiger partial charge in [-0.25, -0.2) is 4.79 Å². The summed E-state index contributed by atoms with van der Waals surface area (Å²) < 4.78 is 0. The highest BCUT2D eigenvalue weighted by atomic mass is 28.4. The molecule has 0 saturated carbocycles. The number of hydrogen-bond acceptors (Lipinski definition) is 5. The highest BCUT2D eigenvalue weighted by Gasteiger charge is 2.22. The van der Waals surface area contributed by atoms with Gasteiger partial charge in [0.05, 0.1) is 0 Å². The molecule has 0 aliphatic rings. The van der Waals surface area contributed by atoms with Crippen LogP contribution in [0.25, 0.3) is 0 Å². The second-order valence-electron chi connectivity index (χ2n) is 1.14. The Labute approximate surface area is 57.8 Å². The lowest BCUT2D eigenvalue weighted by Crippen LogP contribution is -2.33. The third-order valence-corrected chi connectivity index (χ3v) is 0.175. The van der Waals surface area contributed by atoms with Crippen LogP contribution in [0.15, 0.2) is 12.7 Å². The largest absolute Gasteiger partial charge is 0.668 e. The van der Waals surface area contributed by atoms with Crippen LogP contribution < -0.4 is 0 Å². The molecule has 5 N–H and O–H groups in total. The van der Waals surface area contributed by atoms with Crippen LogP contribution in [0.2, 0.25) is 0 Å². The first-order chi connectivity index (χ1) is 4.27. The van der Waals surface area contributed by atoms with E-state index in [1.54, 1.807) is 0 Å². The van der Waals surface area contributed by atoms with Crippen LogP contribution in [0.1, 0.15) is 0 Å². The topological polar surface area (TPSA) is 118 Å². The molecule has 0 unspecified atom stereocenters. The SMILES string of the molecule is C=CC(=O)O.O[Si](O)(O)O. The van der Waals surface area contributed by atoms with Gasteiger partial charge in [0, 0.05) is 6.08 Å². The molecule has 0 aromatic rings. The monoisotopic (exact) mass is 168 g/mol. The maximum atomic E-state index is 9.25. The third kappa shape index (κ3) is 178. The summed E-state index contributed by atoms with van der Waals surface area (Å²) in [5, 5.41) is 7.60. The van der Waals surface area contributed by atoms with Crippen molar-refractivity contribution in [2.24, 2.45) is 0 Å². The summed E-state index contributed by atoms with van der Waals surface area (Å²) in [4.78, 5) is 38.6. The minimum Gasteiger partial charge on any atom is -0.478 e. The molecule has 0 aromatic heterocycles. The van der Waals surface area contributed by atoms with Gasteiger partial charge in [-0.05, 0) is 0 Å². The van der Waals surface area contributed by atoms with Crippen molar-refractivity contribution in [2.75, 3.05) is 0 Å². The molecule has 0 bridgehead atoms. The lowest BCUT2D eigenvalue weighted by atomic mass is 10.7. The fraction of sp³-hybridized carbons (Fsp3) is 0. The summed E-state index contributed by atoms with van der Waals surface area (Å²) in [5.74, 6) is -0.981. The summed E-state index contributed by atoms with van der Waals surface area (Å²) in [6.07, 6.45) is 0.833. The highest BCUT2D eigenvalue weighted by Crippen LogP contribution is 1.67. The third-order valence-electron chi connectivity index (χ3n) is 0.175. The Hall–Kier alpha value is -0.733. The van der Waals surface area contributed by atoms with Gasteiger partial charge < -0.3 is 24.3 Å². The fourth-order valence-corrected chi connectivity index (χ4v) is 0. The number of aliphatic carboxylic acids is 1. The Kier molecular flexibility index (Phi) is 6.10. The van der Waals surface area contributed by atoms with Crippen LogP contribution in [0.5, 0.6) is 0 Å². The van der Waals surface area contributed by atoms with E-state index in [0.29, 0.717) is 0 Å². The standard InChI is InChI=1S/C3H4O2.H4O4Si/c1-2-3(4)5;1-5(2,3)4/h2H,1H2,(H,4,5);1-4H. The van der Waals surface area contributed by atoms with Crippen LogP contribution in [-0.4, -0.2) is 39.3 Å². The fourth-order valence-electron chi connectivity index (χ4n) is 0. The Morgan fingerprint density at radius 2 is 1.40 bits per heavy atom. The first-order valence-electron chi connectivity index (χ1n) is 2.02. The highest BCUT2D eigenvalue weighted by molar-refractivity contribution is 6.46. The van der Waals surface area contributed by atoms with E-state index in [2.05, 4.69) is 6.58 Å². The smallest absolute Gasteiger partial charge is 0.478 e. The number of rotatable bonds is 1. The van der Waals surface area contributed by atoms with Crippen molar-refractivity contribution in [3.8, 4) is 0 Å². The quantitative estimate of drug-likeness (QED) is 0.221. The molecule has 0 fully saturated rings. The number of carboxylic acid groups (broad SMARTS) is 1. The van der Waals surface area contributed by atoms with E-state index >= 15 is 0 Å². The average Bonchev–Trinajstić information content (AvgIpc) is 1.61. The van der Waals surface area contributed by atoms with Gasteiger partial charge in [-0.15, -0.1) is 0 Å². The van der Waals surface area contributed by atoms with Gasteiger partial charge in [-0.3, -0.25) is 0 Å². The van der Waals surface area contributed by atoms with Crippen molar-refractivity contribution in [2.45, 2.75) is 0 Å². The van der Waals surface area contributed by atoms with Crippen molar-refractivity contribution in [3.05, 3.63) is 12.7 Å². The molecule has 0 aliphatic heterocycles. The van der Waals surface area contributed by atoms with Crippen molar-refractivity contribution < 1.29 is 29.1 Å². The second-order valence-corrected chi connectivity index (χ2v) is 2.34. The van der Waals surface area contributed by atoms with Crippen LogP contribution in [0.4, 0.5) is 0 Å². The van der Waals surface area contributed by atoms with Crippen molar-refractivity contribution in [1.82, 2.24) is 0 Å². The first-order valence-corrected chi connectivity index (χ1v) is 3.81. The number of carbonyl (C=O) groups is 1. The normalized spacial score (nSPS) is 9.20. The van der Waals surface area contributed by atoms with Crippen LogP contribution in [0.3, 0.4) is 0 Å². The molecular formula is C3H8O6Si. The van der Waals surface area contributed by atoms with Crippen LogP contribution in [-0.2, 0) is 4.79 Å². The molecule has 7 heteroatoms. The summed E-state index contributed by atoms with van der Waals surface area (Å²) in [7, 11) is -4.61. The van der Waals surface area contributed by atoms with E-state index in [4.69, 9.17) is 24.3 Å². The lowest BCUT2D eigenvalue weighted by molar-refractivity contribution is -0.131. The van der Waals surface area contributed by atoms with Gasteiger partial charge in [-0.1, -0.05) is 6.58 Å². The van der Waals surface area contributed by atoms with Gasteiger partial charge in [0.2, 0.25) is 0 Å². The summed E-state index contributed by atoms with van der Waals surface area (Å²) in [5.41, 5.74) is 0. The molecule has 6 nitrogen and oxygen atoms in total. The molecular weight excluding hydrogens is 160 g/mol. The summed E-state index contributed by atoms with van der Waals surface area (Å²) in [6, 6.07) is 0. The first kappa shape index (κ1) is 12.0. The number of hydrogen-bond donors (Lipinski definition) is 5. The molecule has 0 rings (SSSR count). The summed E-state index contributed by atoms with van der Waals surface area (Å²) in [6.45, 7) is 2.96. The molecule has 0 saturated heterocycles. The van der Waals surface area contributed by atoms with Gasteiger partial charge in [0.25, 0.3) is 0 Å². The number of carboxylic acids is 1. The predicted octanol–water partition coefficient (Wildman–Crippen LogP) is -2.35. The van der Waals surface area contributed by atoms with Gasteiger partial charge >= 0.3 is 15.0 Å². The molecule has 0 aromatic carbocycles. The molecule has 0 amide bonds. The summed E-state index contributed by atoms with van der Waals surface area (Å²) >= 11 is 0. The van der Waals surface area contributed by atoms with Crippen molar-refractivity contribution in [1.29, 1.82) is 0 Å². The van der Waals surface area contributed by atoms with E-state index in [1.165, 1.54) is 0 Å². The Morgan fingerprint density at radius 1 is 1.30 bits per heavy atom. The predicted molar refractivity (Wildman–Crippen MR) is 32.5 cm³/mol. The second kappa shape index (κ2) is 5.08. The van der Waals surface area contributed by atoms with Gasteiger partial charge in [-0.2, -0.15) is 0 Å². The van der Waals surface area contributed by atoms with E-state index in [0.717, 1.165) is 6.08 Å². The van der Waals surface area contributed by atoms with Crippen molar-refractivity contribution >= 4 is 15.0 Å².